The van der Waals surface area contributed by atoms with Gasteiger partial charge in [-0.05, 0) is 39.0 Å². The number of nitrogens with zero attached hydrogens (tertiary/aromatic N) is 1. The van der Waals surface area contributed by atoms with Gasteiger partial charge in [0.15, 0.2) is 6.17 Å². The third-order valence-corrected chi connectivity index (χ3v) is 6.38. The van der Waals surface area contributed by atoms with Crippen molar-refractivity contribution in [2.24, 2.45) is 0 Å². The smallest absolute Gasteiger partial charge is 0.166 e. The quantitative estimate of drug-likeness (QED) is 0.146. The van der Waals surface area contributed by atoms with Crippen LogP contribution in [-0.2, 0) is 0 Å². The molecule has 2 atom stereocenters. The van der Waals surface area contributed by atoms with Gasteiger partial charge in [0.25, 0.3) is 0 Å². The first-order valence-electron chi connectivity index (χ1n) is 12.3. The van der Waals surface area contributed by atoms with E-state index in [1.807, 2.05) is 0 Å². The fourth-order valence-electron chi connectivity index (χ4n) is 4.38. The summed E-state index contributed by atoms with van der Waals surface area (Å²) in [7, 11) is 0. The molecule has 1 heterocycles. The van der Waals surface area contributed by atoms with Crippen LogP contribution < -0.4 is 5.32 Å². The van der Waals surface area contributed by atoms with Crippen LogP contribution in [0.3, 0.4) is 0 Å². The summed E-state index contributed by atoms with van der Waals surface area (Å²) >= 11 is 0. The topological polar surface area (TPSA) is 32.3 Å². The van der Waals surface area contributed by atoms with Crippen LogP contribution in [0, 0.1) is 0 Å². The van der Waals surface area contributed by atoms with Crippen molar-refractivity contribution >= 4 is 0 Å². The Morgan fingerprint density at radius 1 is 0.821 bits per heavy atom. The number of aliphatic hydroxyl groups is 1. The summed E-state index contributed by atoms with van der Waals surface area (Å²) in [6, 6.07) is 0. The van der Waals surface area contributed by atoms with Crippen LogP contribution in [-0.4, -0.2) is 35.5 Å². The molecule has 1 aliphatic heterocycles. The Balaban J connectivity index is 1.89. The van der Waals surface area contributed by atoms with E-state index in [-0.39, 0.29) is 6.61 Å². The zero-order valence-corrected chi connectivity index (χ0v) is 19.0. The second-order valence-corrected chi connectivity index (χ2v) is 8.59. The number of quaternary nitrogens is 1. The van der Waals surface area contributed by atoms with Crippen molar-refractivity contribution in [2.45, 2.75) is 116 Å². The van der Waals surface area contributed by atoms with Crippen molar-refractivity contribution in [1.82, 2.24) is 5.32 Å². The first-order valence-corrected chi connectivity index (χ1v) is 12.3. The van der Waals surface area contributed by atoms with E-state index in [0.717, 1.165) is 17.6 Å². The van der Waals surface area contributed by atoms with Crippen LogP contribution in [0.1, 0.15) is 110 Å². The summed E-state index contributed by atoms with van der Waals surface area (Å²) in [6.45, 7) is 6.66. The fourth-order valence-corrected chi connectivity index (χ4v) is 4.38. The zero-order chi connectivity index (χ0) is 20.3. The highest BCUT2D eigenvalue weighted by atomic mass is 16.3. The summed E-state index contributed by atoms with van der Waals surface area (Å²) in [5.74, 6) is 0. The summed E-state index contributed by atoms with van der Waals surface area (Å²) < 4.78 is 0.906. The van der Waals surface area contributed by atoms with Crippen LogP contribution in [0.4, 0.5) is 0 Å². The normalized spacial score (nSPS) is 21.6. The summed E-state index contributed by atoms with van der Waals surface area (Å²) in [5, 5.41) is 12.9. The molecular formula is C25H49N2O+. The van der Waals surface area contributed by atoms with Crippen molar-refractivity contribution in [3.63, 3.8) is 0 Å². The lowest BCUT2D eigenvalue weighted by atomic mass is 10.0. The minimum atomic E-state index is 0.269. The van der Waals surface area contributed by atoms with Gasteiger partial charge in [-0.2, -0.15) is 0 Å². The van der Waals surface area contributed by atoms with E-state index < -0.39 is 0 Å². The summed E-state index contributed by atoms with van der Waals surface area (Å²) in [6.07, 6.45) is 29.9. The highest BCUT2D eigenvalue weighted by Gasteiger charge is 2.35. The van der Waals surface area contributed by atoms with Gasteiger partial charge in [-0.3, -0.25) is 4.48 Å². The third-order valence-electron chi connectivity index (χ3n) is 6.38. The summed E-state index contributed by atoms with van der Waals surface area (Å²) in [4.78, 5) is 0. The predicted octanol–water partition coefficient (Wildman–Crippen LogP) is 6.64. The molecule has 2 N–H and O–H groups in total. The second kappa shape index (κ2) is 17.1. The molecule has 1 rings (SSSR count). The number of unbranched alkanes of at least 4 members (excludes halogenated alkanes) is 12. The van der Waals surface area contributed by atoms with Crippen LogP contribution in [0.2, 0.25) is 0 Å². The number of aliphatic hydroxyl groups excluding tert-OH is 1. The largest absolute Gasteiger partial charge is 0.390 e. The van der Waals surface area contributed by atoms with E-state index >= 15 is 0 Å². The van der Waals surface area contributed by atoms with E-state index in [9.17, 15) is 5.11 Å². The number of rotatable bonds is 19. The SMILES string of the molecule is CCCCCC/C=C/CCCCCCCCCCC1NC=C[N+]1(CC)CCO. The zero-order valence-electron chi connectivity index (χ0n) is 19.0. The van der Waals surface area contributed by atoms with Crippen molar-refractivity contribution in [3.05, 3.63) is 24.6 Å². The molecular weight excluding hydrogens is 344 g/mol. The van der Waals surface area contributed by atoms with Crippen molar-refractivity contribution in [1.29, 1.82) is 0 Å². The van der Waals surface area contributed by atoms with Gasteiger partial charge in [0, 0.05) is 6.42 Å². The molecule has 0 amide bonds. The Morgan fingerprint density at radius 3 is 1.96 bits per heavy atom. The van der Waals surface area contributed by atoms with E-state index in [1.165, 1.54) is 96.3 Å². The Hall–Kier alpha value is -0.800. The number of allylic oxidation sites excluding steroid dienone is 2. The highest BCUT2D eigenvalue weighted by molar-refractivity contribution is 4.84. The molecule has 0 aromatic carbocycles. The average molecular weight is 394 g/mol. The predicted molar refractivity (Wildman–Crippen MR) is 123 cm³/mol. The highest BCUT2D eigenvalue weighted by Crippen LogP contribution is 2.22. The molecule has 0 bridgehead atoms. The average Bonchev–Trinajstić information content (AvgIpc) is 3.11. The Morgan fingerprint density at radius 2 is 1.39 bits per heavy atom. The van der Waals surface area contributed by atoms with E-state index in [1.54, 1.807) is 0 Å². The fraction of sp³-hybridized carbons (Fsp3) is 0.840. The number of nitrogens with one attached hydrogen (secondary N) is 1. The van der Waals surface area contributed by atoms with Crippen molar-refractivity contribution in [2.75, 3.05) is 19.7 Å². The van der Waals surface area contributed by atoms with Gasteiger partial charge in [-0.15, -0.1) is 0 Å². The molecule has 28 heavy (non-hydrogen) atoms. The molecule has 2 unspecified atom stereocenters. The molecule has 0 aromatic rings. The molecule has 0 fully saturated rings. The standard InChI is InChI=1S/C25H49N2O/c1-3-5-6-7-8-9-10-11-12-13-14-15-16-17-18-19-20-25-26-21-22-27(25,4-2)23-24-28/h9-10,21-22,25-26,28H,3-8,11-20,23-24H2,1-2H3/q+1/b10-9+. The maximum atomic E-state index is 9.37. The Labute approximate surface area is 175 Å². The molecule has 0 saturated carbocycles. The van der Waals surface area contributed by atoms with Crippen molar-refractivity contribution < 1.29 is 9.59 Å². The lowest BCUT2D eigenvalue weighted by Crippen LogP contribution is -2.54. The van der Waals surface area contributed by atoms with Crippen LogP contribution in [0.25, 0.3) is 0 Å². The third kappa shape index (κ3) is 10.7. The van der Waals surface area contributed by atoms with Gasteiger partial charge < -0.3 is 10.4 Å². The van der Waals surface area contributed by atoms with Crippen LogP contribution in [0.5, 0.6) is 0 Å². The Bertz CT molecular complexity index is 407. The molecule has 0 aromatic heterocycles. The minimum Gasteiger partial charge on any atom is -0.390 e. The number of likely N-dealkylation sites (N-methyl/N-ethyl adjacent to an activating group) is 1. The molecule has 0 spiro atoms. The van der Waals surface area contributed by atoms with Gasteiger partial charge >= 0.3 is 0 Å². The first kappa shape index (κ1) is 25.2. The number of hydrogen-bond acceptors (Lipinski definition) is 2. The van der Waals surface area contributed by atoms with Gasteiger partial charge in [0.2, 0.25) is 0 Å². The molecule has 0 radical (unpaired) electrons. The molecule has 0 saturated heterocycles. The van der Waals surface area contributed by atoms with Crippen LogP contribution >= 0.6 is 0 Å². The van der Waals surface area contributed by atoms with Gasteiger partial charge in [0.1, 0.15) is 12.7 Å². The minimum absolute atomic E-state index is 0.269. The summed E-state index contributed by atoms with van der Waals surface area (Å²) in [5.41, 5.74) is 0. The maximum absolute atomic E-state index is 9.37. The second-order valence-electron chi connectivity index (χ2n) is 8.59. The molecule has 0 aliphatic carbocycles. The molecule has 164 valence electrons. The van der Waals surface area contributed by atoms with Crippen LogP contribution in [0.15, 0.2) is 24.6 Å². The monoisotopic (exact) mass is 393 g/mol. The number of hydrogen-bond donors (Lipinski definition) is 2. The van der Waals surface area contributed by atoms with E-state index in [0.29, 0.717) is 6.17 Å². The first-order chi connectivity index (χ1) is 13.8. The van der Waals surface area contributed by atoms with E-state index in [4.69, 9.17) is 0 Å². The maximum Gasteiger partial charge on any atom is 0.166 e. The Kier molecular flexibility index (Phi) is 15.4. The lowest BCUT2D eigenvalue weighted by Gasteiger charge is -2.36. The van der Waals surface area contributed by atoms with Crippen molar-refractivity contribution in [3.8, 4) is 0 Å². The van der Waals surface area contributed by atoms with Gasteiger partial charge in [-0.25, -0.2) is 0 Å². The van der Waals surface area contributed by atoms with Gasteiger partial charge in [-0.1, -0.05) is 76.9 Å². The van der Waals surface area contributed by atoms with E-state index in [2.05, 4.69) is 43.7 Å². The molecule has 1 aliphatic rings. The molecule has 3 nitrogen and oxygen atoms in total. The molecule has 3 heteroatoms. The van der Waals surface area contributed by atoms with Gasteiger partial charge in [0.05, 0.1) is 19.4 Å². The lowest BCUT2D eigenvalue weighted by molar-refractivity contribution is -0.900.